The van der Waals surface area contributed by atoms with Gasteiger partial charge in [-0.25, -0.2) is 9.48 Å². The first-order chi connectivity index (χ1) is 21.1. The van der Waals surface area contributed by atoms with Crippen LogP contribution in [0.5, 0.6) is 11.5 Å². The molecule has 1 N–H and O–H groups in total. The Bertz CT molecular complexity index is 1700. The molecule has 216 valence electrons. The fourth-order valence-corrected chi connectivity index (χ4v) is 4.46. The normalized spacial score (nSPS) is 11.6. The average Bonchev–Trinajstić information content (AvgIpc) is 3.49. The molecular weight excluding hydrogens is 542 g/mol. The Morgan fingerprint density at radius 2 is 1.56 bits per heavy atom. The van der Waals surface area contributed by atoms with Crippen LogP contribution in [-0.2, 0) is 14.3 Å². The van der Waals surface area contributed by atoms with Crippen LogP contribution in [0.1, 0.15) is 24.2 Å². The van der Waals surface area contributed by atoms with Crippen LogP contribution in [0, 0.1) is 0 Å². The zero-order valence-electron chi connectivity index (χ0n) is 23.8. The fourth-order valence-electron chi connectivity index (χ4n) is 4.46. The van der Waals surface area contributed by atoms with E-state index in [-0.39, 0.29) is 0 Å². The number of methoxy groups -OCH3 is 1. The van der Waals surface area contributed by atoms with E-state index in [1.165, 1.54) is 6.08 Å². The highest BCUT2D eigenvalue weighted by molar-refractivity contribution is 5.98. The van der Waals surface area contributed by atoms with E-state index >= 15 is 0 Å². The summed E-state index contributed by atoms with van der Waals surface area (Å²) in [5, 5.41) is 7.63. The summed E-state index contributed by atoms with van der Waals surface area (Å²) in [6.07, 6.45) is 3.58. The highest BCUT2D eigenvalue weighted by Gasteiger charge is 2.25. The zero-order chi connectivity index (χ0) is 30.0. The molecule has 0 radical (unpaired) electrons. The van der Waals surface area contributed by atoms with Crippen LogP contribution in [0.25, 0.3) is 23.0 Å². The second-order valence-corrected chi connectivity index (χ2v) is 9.42. The number of nitrogens with one attached hydrogen (secondary N) is 1. The van der Waals surface area contributed by atoms with Crippen molar-refractivity contribution in [1.82, 2.24) is 9.78 Å². The number of anilines is 1. The maximum absolute atomic E-state index is 13.4. The molecule has 0 spiro atoms. The number of ether oxygens (including phenoxy) is 3. The summed E-state index contributed by atoms with van der Waals surface area (Å²) in [7, 11) is 1.61. The van der Waals surface area contributed by atoms with Crippen LogP contribution in [-0.4, -0.2) is 35.4 Å². The van der Waals surface area contributed by atoms with E-state index in [9.17, 15) is 9.59 Å². The summed E-state index contributed by atoms with van der Waals surface area (Å²) >= 11 is 0. The van der Waals surface area contributed by atoms with Crippen LogP contribution in [0.15, 0.2) is 121 Å². The molecule has 0 saturated heterocycles. The molecule has 0 saturated carbocycles. The second-order valence-electron chi connectivity index (χ2n) is 9.42. The van der Waals surface area contributed by atoms with Gasteiger partial charge in [0.2, 0.25) is 6.10 Å². The zero-order valence-corrected chi connectivity index (χ0v) is 23.8. The van der Waals surface area contributed by atoms with E-state index in [4.69, 9.17) is 19.3 Å². The van der Waals surface area contributed by atoms with E-state index in [0.29, 0.717) is 34.9 Å². The number of hydrogen-bond acceptors (Lipinski definition) is 6. The molecule has 43 heavy (non-hydrogen) atoms. The minimum atomic E-state index is -1.19. The van der Waals surface area contributed by atoms with Crippen LogP contribution in [0.4, 0.5) is 5.69 Å². The lowest BCUT2D eigenvalue weighted by Gasteiger charge is -2.18. The van der Waals surface area contributed by atoms with Gasteiger partial charge in [-0.05, 0) is 61.5 Å². The van der Waals surface area contributed by atoms with Crippen molar-refractivity contribution < 1.29 is 23.8 Å². The van der Waals surface area contributed by atoms with E-state index < -0.39 is 18.0 Å². The number of amides is 1. The number of carbonyl (C=O) groups is 2. The predicted octanol–water partition coefficient (Wildman–Crippen LogP) is 6.88. The van der Waals surface area contributed by atoms with Crippen molar-refractivity contribution in [2.24, 2.45) is 0 Å². The third-order valence-electron chi connectivity index (χ3n) is 6.54. The van der Waals surface area contributed by atoms with Gasteiger partial charge in [-0.1, -0.05) is 60.7 Å². The van der Waals surface area contributed by atoms with Gasteiger partial charge in [0.05, 0.1) is 30.8 Å². The maximum Gasteiger partial charge on any atom is 0.331 e. The van der Waals surface area contributed by atoms with E-state index in [0.717, 1.165) is 17.0 Å². The van der Waals surface area contributed by atoms with Gasteiger partial charge >= 0.3 is 5.97 Å². The molecule has 0 aliphatic heterocycles. The smallest absolute Gasteiger partial charge is 0.331 e. The first-order valence-electron chi connectivity index (χ1n) is 13.8. The van der Waals surface area contributed by atoms with Crippen molar-refractivity contribution in [2.75, 3.05) is 19.0 Å². The number of hydrogen-bond donors (Lipinski definition) is 1. The van der Waals surface area contributed by atoms with Gasteiger partial charge in [-0.15, -0.1) is 0 Å². The van der Waals surface area contributed by atoms with Crippen molar-refractivity contribution in [3.63, 3.8) is 0 Å². The molecule has 1 heterocycles. The molecule has 0 aliphatic carbocycles. The third-order valence-corrected chi connectivity index (χ3v) is 6.54. The van der Waals surface area contributed by atoms with Gasteiger partial charge < -0.3 is 19.5 Å². The Morgan fingerprint density at radius 3 is 2.26 bits per heavy atom. The van der Waals surface area contributed by atoms with Crippen LogP contribution >= 0.6 is 0 Å². The Kier molecular flexibility index (Phi) is 9.29. The largest absolute Gasteiger partial charge is 0.497 e. The topological polar surface area (TPSA) is 91.7 Å². The number of rotatable bonds is 11. The van der Waals surface area contributed by atoms with Gasteiger partial charge in [0.15, 0.2) is 0 Å². The van der Waals surface area contributed by atoms with E-state index in [2.05, 4.69) is 5.32 Å². The molecule has 0 fully saturated rings. The van der Waals surface area contributed by atoms with Crippen molar-refractivity contribution in [1.29, 1.82) is 0 Å². The Labute approximate surface area is 250 Å². The lowest BCUT2D eigenvalue weighted by molar-refractivity contribution is -0.149. The van der Waals surface area contributed by atoms with Crippen molar-refractivity contribution in [3.8, 4) is 28.4 Å². The lowest BCUT2D eigenvalue weighted by atomic mass is 10.1. The van der Waals surface area contributed by atoms with Crippen LogP contribution in [0.3, 0.4) is 0 Å². The number of para-hydroxylation sites is 3. The number of esters is 1. The average molecular weight is 574 g/mol. The number of nitrogens with zero attached hydrogens (tertiary/aromatic N) is 2. The number of aromatic nitrogens is 2. The Morgan fingerprint density at radius 1 is 0.884 bits per heavy atom. The van der Waals surface area contributed by atoms with E-state index in [1.54, 1.807) is 60.3 Å². The van der Waals surface area contributed by atoms with Gasteiger partial charge in [-0.3, -0.25) is 4.79 Å². The molecule has 1 amide bonds. The third kappa shape index (κ3) is 7.18. The van der Waals surface area contributed by atoms with Gasteiger partial charge in [0.25, 0.3) is 5.91 Å². The highest BCUT2D eigenvalue weighted by Crippen LogP contribution is 2.29. The molecule has 5 rings (SSSR count). The summed E-state index contributed by atoms with van der Waals surface area (Å²) in [5.41, 5.74) is 4.09. The monoisotopic (exact) mass is 573 g/mol. The van der Waals surface area contributed by atoms with Crippen LogP contribution in [0.2, 0.25) is 0 Å². The minimum Gasteiger partial charge on any atom is -0.497 e. The standard InChI is InChI=1S/C35H31N3O5/c1-3-42-31-17-11-10-16-30(31)36-35(40)34(26-12-6-4-7-13-26)43-32(39)23-20-27-24-38(28-14-8-5-9-15-28)37-33(27)25-18-21-29(41-2)22-19-25/h4-24,34H,3H2,1-2H3,(H,36,40)/b23-20+. The summed E-state index contributed by atoms with van der Waals surface area (Å²) in [6, 6.07) is 33.2. The Hall–Kier alpha value is -5.63. The maximum atomic E-state index is 13.4. The lowest BCUT2D eigenvalue weighted by Crippen LogP contribution is -2.25. The first-order valence-corrected chi connectivity index (χ1v) is 13.8. The summed E-state index contributed by atoms with van der Waals surface area (Å²) in [4.78, 5) is 26.6. The predicted molar refractivity (Wildman–Crippen MR) is 166 cm³/mol. The van der Waals surface area contributed by atoms with Crippen molar-refractivity contribution >= 4 is 23.6 Å². The first kappa shape index (κ1) is 28.9. The van der Waals surface area contributed by atoms with Gasteiger partial charge in [0.1, 0.15) is 11.5 Å². The molecule has 1 aromatic heterocycles. The molecule has 0 bridgehead atoms. The highest BCUT2D eigenvalue weighted by atomic mass is 16.5. The molecule has 4 aromatic carbocycles. The molecule has 1 atom stereocenters. The molecule has 5 aromatic rings. The van der Waals surface area contributed by atoms with E-state index in [1.807, 2.05) is 79.9 Å². The molecule has 0 aliphatic rings. The molecule has 8 nitrogen and oxygen atoms in total. The van der Waals surface area contributed by atoms with Crippen LogP contribution < -0.4 is 14.8 Å². The van der Waals surface area contributed by atoms with Gasteiger partial charge in [-0.2, -0.15) is 5.10 Å². The molecule has 8 heteroatoms. The molecular formula is C35H31N3O5. The molecule has 1 unspecified atom stereocenters. The van der Waals surface area contributed by atoms with Crippen molar-refractivity contribution in [3.05, 3.63) is 133 Å². The van der Waals surface area contributed by atoms with Crippen molar-refractivity contribution in [2.45, 2.75) is 13.0 Å². The number of benzene rings is 4. The summed E-state index contributed by atoms with van der Waals surface area (Å²) in [6.45, 7) is 2.30. The fraction of sp³-hybridized carbons (Fsp3) is 0.114. The quantitative estimate of drug-likeness (QED) is 0.137. The van der Waals surface area contributed by atoms with Gasteiger partial charge in [0, 0.05) is 29.0 Å². The summed E-state index contributed by atoms with van der Waals surface area (Å²) in [5.74, 6) is 0.0602. The SMILES string of the molecule is CCOc1ccccc1NC(=O)C(OC(=O)/C=C/c1cn(-c2ccccc2)nc1-c1ccc(OC)cc1)c1ccccc1. The second kappa shape index (κ2) is 13.8. The number of carbonyl (C=O) groups excluding carboxylic acids is 2. The minimum absolute atomic E-state index is 0.439. The summed E-state index contributed by atoms with van der Waals surface area (Å²) < 4.78 is 18.4. The Balaban J connectivity index is 1.41.